The van der Waals surface area contributed by atoms with Gasteiger partial charge in [0.25, 0.3) is 0 Å². The fourth-order valence-corrected chi connectivity index (χ4v) is 2.76. The highest BCUT2D eigenvalue weighted by molar-refractivity contribution is 7.89. The fraction of sp³-hybridized carbons (Fsp3) is 0.857. The number of nitrogens with zero attached hydrogens (tertiary/aromatic N) is 1. The molecular formula is C7H13NO3S. The van der Waals surface area contributed by atoms with Gasteiger partial charge >= 0.3 is 0 Å². The molecule has 70 valence electrons. The van der Waals surface area contributed by atoms with E-state index in [0.29, 0.717) is 19.4 Å². The third kappa shape index (κ3) is 2.28. The van der Waals surface area contributed by atoms with Crippen LogP contribution in [0.2, 0.25) is 0 Å². The molecule has 1 heterocycles. The summed E-state index contributed by atoms with van der Waals surface area (Å²) >= 11 is 0. The molecule has 0 unspecified atom stereocenters. The largest absolute Gasteiger partial charge is 0.303 e. The first kappa shape index (κ1) is 9.67. The predicted octanol–water partition coefficient (Wildman–Crippen LogP) is 0.00100. The summed E-state index contributed by atoms with van der Waals surface area (Å²) in [6.07, 6.45) is 2.65. The molecule has 0 N–H and O–H groups in total. The zero-order valence-electron chi connectivity index (χ0n) is 6.90. The average Bonchev–Trinajstić information content (AvgIpc) is 2.53. The molecule has 0 atom stereocenters. The van der Waals surface area contributed by atoms with Gasteiger partial charge in [0.2, 0.25) is 10.0 Å². The van der Waals surface area contributed by atoms with Crippen molar-refractivity contribution >= 4 is 16.3 Å². The molecule has 1 saturated heterocycles. The number of carbonyl (C=O) groups is 1. The lowest BCUT2D eigenvalue weighted by atomic mass is 10.4. The van der Waals surface area contributed by atoms with Gasteiger partial charge in [-0.1, -0.05) is 0 Å². The monoisotopic (exact) mass is 191 g/mol. The Morgan fingerprint density at radius 2 is 1.83 bits per heavy atom. The van der Waals surface area contributed by atoms with E-state index in [4.69, 9.17) is 0 Å². The maximum Gasteiger partial charge on any atom is 0.214 e. The second-order valence-electron chi connectivity index (χ2n) is 2.88. The van der Waals surface area contributed by atoms with Crippen molar-refractivity contribution in [2.24, 2.45) is 0 Å². The normalized spacial score (nSPS) is 19.7. The summed E-state index contributed by atoms with van der Waals surface area (Å²) in [5, 5.41) is 0. The SMILES string of the molecule is O=CCCS(=O)(=O)N1CCCC1. The number of sulfonamides is 1. The summed E-state index contributed by atoms with van der Waals surface area (Å²) in [6, 6.07) is 0. The molecular weight excluding hydrogens is 178 g/mol. The summed E-state index contributed by atoms with van der Waals surface area (Å²) in [4.78, 5) is 9.98. The second-order valence-corrected chi connectivity index (χ2v) is 4.97. The lowest BCUT2D eigenvalue weighted by Gasteiger charge is -2.13. The van der Waals surface area contributed by atoms with E-state index in [-0.39, 0.29) is 12.2 Å². The number of hydrogen-bond acceptors (Lipinski definition) is 3. The Labute approximate surface area is 72.6 Å². The Bertz CT molecular complexity index is 241. The smallest absolute Gasteiger partial charge is 0.214 e. The number of carbonyl (C=O) groups excluding carboxylic acids is 1. The van der Waals surface area contributed by atoms with E-state index in [0.717, 1.165) is 12.8 Å². The molecule has 0 aromatic carbocycles. The van der Waals surface area contributed by atoms with Gasteiger partial charge in [0.05, 0.1) is 5.75 Å². The fourth-order valence-electron chi connectivity index (χ4n) is 1.29. The summed E-state index contributed by atoms with van der Waals surface area (Å²) in [5.74, 6) is -0.0313. The van der Waals surface area contributed by atoms with Crippen LogP contribution in [0.1, 0.15) is 19.3 Å². The minimum absolute atomic E-state index is 0.0313. The highest BCUT2D eigenvalue weighted by Crippen LogP contribution is 2.13. The quantitative estimate of drug-likeness (QED) is 0.588. The first-order valence-electron chi connectivity index (χ1n) is 4.08. The second kappa shape index (κ2) is 4.00. The molecule has 0 aromatic heterocycles. The van der Waals surface area contributed by atoms with Gasteiger partial charge in [-0.15, -0.1) is 0 Å². The molecule has 0 radical (unpaired) electrons. The molecule has 4 nitrogen and oxygen atoms in total. The highest BCUT2D eigenvalue weighted by atomic mass is 32.2. The third-order valence-electron chi connectivity index (χ3n) is 1.95. The van der Waals surface area contributed by atoms with E-state index in [1.807, 2.05) is 0 Å². The minimum atomic E-state index is -3.12. The molecule has 5 heteroatoms. The lowest BCUT2D eigenvalue weighted by Crippen LogP contribution is -2.30. The van der Waals surface area contributed by atoms with Crippen LogP contribution in [-0.2, 0) is 14.8 Å². The van der Waals surface area contributed by atoms with E-state index < -0.39 is 10.0 Å². The molecule has 0 aromatic rings. The minimum Gasteiger partial charge on any atom is -0.303 e. The third-order valence-corrected chi connectivity index (χ3v) is 3.86. The summed E-state index contributed by atoms with van der Waals surface area (Å²) in [6.45, 7) is 1.25. The Kier molecular flexibility index (Phi) is 3.22. The van der Waals surface area contributed by atoms with Gasteiger partial charge in [0, 0.05) is 19.5 Å². The first-order chi connectivity index (χ1) is 5.67. The van der Waals surface area contributed by atoms with Crippen LogP contribution in [0, 0.1) is 0 Å². The lowest BCUT2D eigenvalue weighted by molar-refractivity contribution is -0.107. The van der Waals surface area contributed by atoms with Crippen LogP contribution >= 0.6 is 0 Å². The van der Waals surface area contributed by atoms with Gasteiger partial charge < -0.3 is 4.79 Å². The molecule has 1 fully saturated rings. The van der Waals surface area contributed by atoms with Crippen molar-refractivity contribution in [3.05, 3.63) is 0 Å². The van der Waals surface area contributed by atoms with Crippen LogP contribution in [0.4, 0.5) is 0 Å². The van der Waals surface area contributed by atoms with Gasteiger partial charge in [-0.25, -0.2) is 12.7 Å². The van der Waals surface area contributed by atoms with Gasteiger partial charge in [-0.3, -0.25) is 0 Å². The number of aldehydes is 1. The van der Waals surface area contributed by atoms with Gasteiger partial charge in [-0.05, 0) is 12.8 Å². The summed E-state index contributed by atoms with van der Waals surface area (Å²) in [7, 11) is -3.12. The molecule has 1 aliphatic heterocycles. The molecule has 0 amide bonds. The molecule has 1 aliphatic rings. The topological polar surface area (TPSA) is 54.5 Å². The van der Waals surface area contributed by atoms with Gasteiger partial charge in [0.15, 0.2) is 0 Å². The average molecular weight is 191 g/mol. The van der Waals surface area contributed by atoms with Crippen molar-refractivity contribution in [2.75, 3.05) is 18.8 Å². The van der Waals surface area contributed by atoms with Crippen molar-refractivity contribution < 1.29 is 13.2 Å². The molecule has 0 bridgehead atoms. The van der Waals surface area contributed by atoms with Crippen molar-refractivity contribution in [1.82, 2.24) is 4.31 Å². The van der Waals surface area contributed by atoms with Gasteiger partial charge in [-0.2, -0.15) is 0 Å². The molecule has 12 heavy (non-hydrogen) atoms. The van der Waals surface area contributed by atoms with Crippen LogP contribution in [0.25, 0.3) is 0 Å². The van der Waals surface area contributed by atoms with Crippen LogP contribution < -0.4 is 0 Å². The molecule has 0 spiro atoms. The molecule has 1 rings (SSSR count). The van der Waals surface area contributed by atoms with Crippen LogP contribution in [0.5, 0.6) is 0 Å². The van der Waals surface area contributed by atoms with E-state index in [2.05, 4.69) is 0 Å². The van der Waals surface area contributed by atoms with Crippen molar-refractivity contribution in [3.8, 4) is 0 Å². The molecule has 0 aliphatic carbocycles. The van der Waals surface area contributed by atoms with Crippen molar-refractivity contribution in [1.29, 1.82) is 0 Å². The van der Waals surface area contributed by atoms with Crippen molar-refractivity contribution in [2.45, 2.75) is 19.3 Å². The summed E-state index contributed by atoms with van der Waals surface area (Å²) in [5.41, 5.74) is 0. The standard InChI is InChI=1S/C7H13NO3S/c9-6-3-7-12(10,11)8-4-1-2-5-8/h6H,1-5,7H2. The van der Waals surface area contributed by atoms with E-state index in [9.17, 15) is 13.2 Å². The Morgan fingerprint density at radius 3 is 2.33 bits per heavy atom. The Morgan fingerprint density at radius 1 is 1.25 bits per heavy atom. The first-order valence-corrected chi connectivity index (χ1v) is 5.69. The maximum atomic E-state index is 11.4. The number of hydrogen-bond donors (Lipinski definition) is 0. The zero-order chi connectivity index (χ0) is 9.03. The van der Waals surface area contributed by atoms with E-state index in [1.54, 1.807) is 0 Å². The van der Waals surface area contributed by atoms with Crippen LogP contribution in [0.3, 0.4) is 0 Å². The van der Waals surface area contributed by atoms with Crippen molar-refractivity contribution in [3.63, 3.8) is 0 Å². The highest BCUT2D eigenvalue weighted by Gasteiger charge is 2.24. The van der Waals surface area contributed by atoms with E-state index >= 15 is 0 Å². The van der Waals surface area contributed by atoms with Crippen LogP contribution in [-0.4, -0.2) is 37.9 Å². The zero-order valence-corrected chi connectivity index (χ0v) is 7.72. The Hall–Kier alpha value is -0.420. The predicted molar refractivity (Wildman–Crippen MR) is 45.3 cm³/mol. The maximum absolute atomic E-state index is 11.4. The van der Waals surface area contributed by atoms with Gasteiger partial charge in [0.1, 0.15) is 6.29 Å². The molecule has 0 saturated carbocycles. The Balaban J connectivity index is 2.51. The number of rotatable bonds is 4. The van der Waals surface area contributed by atoms with Crippen LogP contribution in [0.15, 0.2) is 0 Å². The summed E-state index contributed by atoms with van der Waals surface area (Å²) < 4.78 is 24.2. The van der Waals surface area contributed by atoms with E-state index in [1.165, 1.54) is 4.31 Å².